The number of ether oxygens (including phenoxy) is 2. The molecule has 0 aliphatic carbocycles. The number of benzene rings is 2. The van der Waals surface area contributed by atoms with Gasteiger partial charge in [0, 0.05) is 19.2 Å². The van der Waals surface area contributed by atoms with Gasteiger partial charge in [-0.05, 0) is 17.5 Å². The largest absolute Gasteiger partial charge is 0.445 e. The van der Waals surface area contributed by atoms with Crippen LogP contribution in [0.5, 0.6) is 0 Å². The lowest BCUT2D eigenvalue weighted by Gasteiger charge is -2.19. The molecule has 0 aromatic heterocycles. The summed E-state index contributed by atoms with van der Waals surface area (Å²) in [7, 11) is 0. The van der Waals surface area contributed by atoms with Gasteiger partial charge in [-0.1, -0.05) is 60.7 Å². The maximum Gasteiger partial charge on any atom is 0.407 e. The van der Waals surface area contributed by atoms with Crippen LogP contribution in [0.15, 0.2) is 60.7 Å². The summed E-state index contributed by atoms with van der Waals surface area (Å²) in [6.07, 6.45) is -0.950. The van der Waals surface area contributed by atoms with E-state index in [0.29, 0.717) is 19.6 Å². The maximum absolute atomic E-state index is 11.7. The van der Waals surface area contributed by atoms with Gasteiger partial charge >= 0.3 is 6.09 Å². The molecule has 4 N–H and O–H groups in total. The van der Waals surface area contributed by atoms with Crippen LogP contribution < -0.4 is 11.1 Å². The third kappa shape index (κ3) is 7.65. The molecular formula is C20H26N2O4. The number of hydrogen-bond acceptors (Lipinski definition) is 5. The second-order valence-electron chi connectivity index (χ2n) is 6.00. The molecule has 0 radical (unpaired) electrons. The molecule has 6 nitrogen and oxygen atoms in total. The molecule has 0 saturated carbocycles. The first-order valence-electron chi connectivity index (χ1n) is 8.65. The highest BCUT2D eigenvalue weighted by molar-refractivity contribution is 5.67. The second-order valence-corrected chi connectivity index (χ2v) is 6.00. The quantitative estimate of drug-likeness (QED) is 0.566. The predicted octanol–water partition coefficient (Wildman–Crippen LogP) is 2.21. The van der Waals surface area contributed by atoms with Crippen molar-refractivity contribution in [1.29, 1.82) is 0 Å². The fourth-order valence-corrected chi connectivity index (χ4v) is 2.29. The molecule has 0 aliphatic rings. The number of amides is 1. The van der Waals surface area contributed by atoms with Crippen LogP contribution in [0, 0.1) is 0 Å². The van der Waals surface area contributed by atoms with Gasteiger partial charge in [-0.25, -0.2) is 4.79 Å². The summed E-state index contributed by atoms with van der Waals surface area (Å²) in [6, 6.07) is 18.7. The van der Waals surface area contributed by atoms with Crippen LogP contribution >= 0.6 is 0 Å². The zero-order chi connectivity index (χ0) is 18.6. The Morgan fingerprint density at radius 2 is 1.58 bits per heavy atom. The van der Waals surface area contributed by atoms with Crippen molar-refractivity contribution in [2.24, 2.45) is 5.73 Å². The van der Waals surface area contributed by atoms with Gasteiger partial charge in [-0.2, -0.15) is 0 Å². The van der Waals surface area contributed by atoms with E-state index in [2.05, 4.69) is 5.32 Å². The van der Waals surface area contributed by atoms with E-state index in [0.717, 1.165) is 11.1 Å². The summed E-state index contributed by atoms with van der Waals surface area (Å²) >= 11 is 0. The lowest BCUT2D eigenvalue weighted by molar-refractivity contribution is 0.0824. The topological polar surface area (TPSA) is 93.8 Å². The molecule has 2 unspecified atom stereocenters. The van der Waals surface area contributed by atoms with Gasteiger partial charge < -0.3 is 25.6 Å². The molecule has 2 atom stereocenters. The van der Waals surface area contributed by atoms with Gasteiger partial charge in [0.05, 0.1) is 12.7 Å². The van der Waals surface area contributed by atoms with Crippen LogP contribution in [0.1, 0.15) is 17.5 Å². The molecule has 26 heavy (non-hydrogen) atoms. The van der Waals surface area contributed by atoms with Crippen molar-refractivity contribution < 1.29 is 19.4 Å². The second kappa shape index (κ2) is 11.3. The van der Waals surface area contributed by atoms with E-state index in [1.54, 1.807) is 0 Å². The molecule has 2 aromatic rings. The Morgan fingerprint density at radius 3 is 2.19 bits per heavy atom. The Morgan fingerprint density at radius 1 is 1.00 bits per heavy atom. The van der Waals surface area contributed by atoms with E-state index in [1.165, 1.54) is 0 Å². The van der Waals surface area contributed by atoms with E-state index >= 15 is 0 Å². The van der Waals surface area contributed by atoms with Gasteiger partial charge in [-0.3, -0.25) is 0 Å². The number of nitrogens with one attached hydrogen (secondary N) is 1. The molecule has 0 aliphatic heterocycles. The van der Waals surface area contributed by atoms with Crippen LogP contribution in [0.3, 0.4) is 0 Å². The molecule has 0 bridgehead atoms. The number of carbonyl (C=O) groups excluding carboxylic acids is 1. The average Bonchev–Trinajstić information content (AvgIpc) is 2.69. The first-order chi connectivity index (χ1) is 12.6. The SMILES string of the molecule is NC(CCOCc1ccccc1)C(O)CNC(=O)OCc1ccccc1. The number of aliphatic hydroxyl groups is 1. The number of nitrogens with two attached hydrogens (primary N) is 1. The Bertz CT molecular complexity index is 637. The highest BCUT2D eigenvalue weighted by atomic mass is 16.5. The molecule has 2 rings (SSSR count). The zero-order valence-corrected chi connectivity index (χ0v) is 14.7. The molecule has 0 heterocycles. The fraction of sp³-hybridized carbons (Fsp3) is 0.350. The minimum atomic E-state index is -0.861. The van der Waals surface area contributed by atoms with Crippen molar-refractivity contribution >= 4 is 6.09 Å². The maximum atomic E-state index is 11.7. The highest BCUT2D eigenvalue weighted by Gasteiger charge is 2.16. The smallest absolute Gasteiger partial charge is 0.407 e. The summed E-state index contributed by atoms with van der Waals surface area (Å²) in [5, 5.41) is 12.5. The van der Waals surface area contributed by atoms with Gasteiger partial charge in [0.2, 0.25) is 0 Å². The van der Waals surface area contributed by atoms with Crippen molar-refractivity contribution in [3.8, 4) is 0 Å². The molecular weight excluding hydrogens is 332 g/mol. The molecule has 0 spiro atoms. The van der Waals surface area contributed by atoms with Crippen molar-refractivity contribution in [3.63, 3.8) is 0 Å². The molecule has 0 saturated heterocycles. The Hall–Kier alpha value is -2.41. The Kier molecular flexibility index (Phi) is 8.62. The van der Waals surface area contributed by atoms with Crippen molar-refractivity contribution in [2.45, 2.75) is 31.8 Å². The summed E-state index contributed by atoms with van der Waals surface area (Å²) < 4.78 is 10.6. The number of rotatable bonds is 10. The minimum Gasteiger partial charge on any atom is -0.445 e. The van der Waals surface area contributed by atoms with Gasteiger partial charge in [0.15, 0.2) is 0 Å². The number of aliphatic hydroxyl groups excluding tert-OH is 1. The van der Waals surface area contributed by atoms with E-state index in [9.17, 15) is 9.90 Å². The zero-order valence-electron chi connectivity index (χ0n) is 14.7. The minimum absolute atomic E-state index is 0.0352. The van der Waals surface area contributed by atoms with Crippen LogP contribution in [-0.4, -0.2) is 36.5 Å². The van der Waals surface area contributed by atoms with Crippen molar-refractivity contribution in [3.05, 3.63) is 71.8 Å². The van der Waals surface area contributed by atoms with E-state index in [4.69, 9.17) is 15.2 Å². The summed E-state index contributed by atoms with van der Waals surface area (Å²) in [4.78, 5) is 11.7. The van der Waals surface area contributed by atoms with Crippen molar-refractivity contribution in [2.75, 3.05) is 13.2 Å². The molecule has 0 fully saturated rings. The standard InChI is InChI=1S/C20H26N2O4/c21-18(11-12-25-14-16-7-3-1-4-8-16)19(23)13-22-20(24)26-15-17-9-5-2-6-10-17/h1-10,18-19,23H,11-15,21H2,(H,22,24). The van der Waals surface area contributed by atoms with E-state index in [1.807, 2.05) is 60.7 Å². The molecule has 6 heteroatoms. The fourth-order valence-electron chi connectivity index (χ4n) is 2.29. The first-order valence-corrected chi connectivity index (χ1v) is 8.65. The normalized spacial score (nSPS) is 13.0. The van der Waals surface area contributed by atoms with E-state index in [-0.39, 0.29) is 13.2 Å². The van der Waals surface area contributed by atoms with Crippen LogP contribution in [0.4, 0.5) is 4.79 Å². The first kappa shape index (κ1) is 19.9. The lowest BCUT2D eigenvalue weighted by Crippen LogP contribution is -2.44. The highest BCUT2D eigenvalue weighted by Crippen LogP contribution is 2.03. The Balaban J connectivity index is 1.56. The predicted molar refractivity (Wildman–Crippen MR) is 99.3 cm³/mol. The van der Waals surface area contributed by atoms with Crippen LogP contribution in [0.25, 0.3) is 0 Å². The molecule has 2 aromatic carbocycles. The van der Waals surface area contributed by atoms with Gasteiger partial charge in [-0.15, -0.1) is 0 Å². The third-order valence-electron chi connectivity index (χ3n) is 3.87. The third-order valence-corrected chi connectivity index (χ3v) is 3.87. The number of hydrogen-bond donors (Lipinski definition) is 3. The van der Waals surface area contributed by atoms with Crippen LogP contribution in [0.2, 0.25) is 0 Å². The molecule has 140 valence electrons. The number of carbonyl (C=O) groups is 1. The van der Waals surface area contributed by atoms with Gasteiger partial charge in [0.25, 0.3) is 0 Å². The van der Waals surface area contributed by atoms with E-state index < -0.39 is 18.2 Å². The lowest BCUT2D eigenvalue weighted by atomic mass is 10.1. The number of alkyl carbamates (subject to hydrolysis) is 1. The summed E-state index contributed by atoms with van der Waals surface area (Å²) in [6.45, 7) is 1.16. The van der Waals surface area contributed by atoms with Gasteiger partial charge in [0.1, 0.15) is 6.61 Å². The monoisotopic (exact) mass is 358 g/mol. The van der Waals surface area contributed by atoms with Crippen LogP contribution in [-0.2, 0) is 22.7 Å². The molecule has 1 amide bonds. The summed E-state index contributed by atoms with van der Waals surface area (Å²) in [5.74, 6) is 0. The van der Waals surface area contributed by atoms with Crippen molar-refractivity contribution in [1.82, 2.24) is 5.32 Å². The average molecular weight is 358 g/mol. The Labute approximate surface area is 153 Å². The summed E-state index contributed by atoms with van der Waals surface area (Å²) in [5.41, 5.74) is 7.91.